The van der Waals surface area contributed by atoms with Gasteiger partial charge in [0.2, 0.25) is 0 Å². The SMILES string of the molecule is CCN(CCNC(=O)C[NH+]1CCN(c2ccc(O)cc2)CC1)c1cccc(C)c1. The molecule has 3 rings (SSSR count). The summed E-state index contributed by atoms with van der Waals surface area (Å²) >= 11 is 0. The zero-order chi connectivity index (χ0) is 20.6. The van der Waals surface area contributed by atoms with Gasteiger partial charge in [0.1, 0.15) is 5.75 Å². The van der Waals surface area contributed by atoms with Crippen molar-refractivity contribution in [2.24, 2.45) is 0 Å². The van der Waals surface area contributed by atoms with E-state index in [1.54, 1.807) is 12.1 Å². The van der Waals surface area contributed by atoms with Crippen LogP contribution in [0.25, 0.3) is 0 Å². The number of piperazine rings is 1. The van der Waals surface area contributed by atoms with E-state index in [-0.39, 0.29) is 5.91 Å². The minimum absolute atomic E-state index is 0.123. The van der Waals surface area contributed by atoms with Gasteiger partial charge in [0.05, 0.1) is 26.2 Å². The fourth-order valence-corrected chi connectivity index (χ4v) is 3.84. The number of aromatic hydroxyl groups is 1. The van der Waals surface area contributed by atoms with E-state index in [9.17, 15) is 9.90 Å². The average Bonchev–Trinajstić information content (AvgIpc) is 2.72. The summed E-state index contributed by atoms with van der Waals surface area (Å²) in [6, 6.07) is 15.8. The van der Waals surface area contributed by atoms with E-state index in [0.717, 1.165) is 45.0 Å². The third-order valence-corrected chi connectivity index (χ3v) is 5.55. The highest BCUT2D eigenvalue weighted by Gasteiger charge is 2.22. The molecule has 1 heterocycles. The van der Waals surface area contributed by atoms with Gasteiger partial charge < -0.3 is 25.1 Å². The Balaban J connectivity index is 1.38. The molecule has 2 aromatic carbocycles. The normalized spacial score (nSPS) is 14.6. The lowest BCUT2D eigenvalue weighted by atomic mass is 10.2. The number of benzene rings is 2. The number of amides is 1. The van der Waals surface area contributed by atoms with Crippen LogP contribution in [0.1, 0.15) is 12.5 Å². The molecule has 0 atom stereocenters. The number of carbonyl (C=O) groups is 1. The zero-order valence-electron chi connectivity index (χ0n) is 17.5. The van der Waals surface area contributed by atoms with E-state index in [0.29, 0.717) is 18.8 Å². The van der Waals surface area contributed by atoms with Crippen LogP contribution in [0.2, 0.25) is 0 Å². The molecule has 1 saturated heterocycles. The van der Waals surface area contributed by atoms with Gasteiger partial charge in [0.25, 0.3) is 5.91 Å². The van der Waals surface area contributed by atoms with Crippen LogP contribution < -0.4 is 20.0 Å². The Morgan fingerprint density at radius 2 is 1.90 bits per heavy atom. The third kappa shape index (κ3) is 6.12. The Morgan fingerprint density at radius 1 is 1.17 bits per heavy atom. The monoisotopic (exact) mass is 397 g/mol. The molecule has 29 heavy (non-hydrogen) atoms. The van der Waals surface area contributed by atoms with E-state index < -0.39 is 0 Å². The Hall–Kier alpha value is -2.73. The van der Waals surface area contributed by atoms with Gasteiger partial charge in [-0.3, -0.25) is 4.79 Å². The molecule has 6 heteroatoms. The van der Waals surface area contributed by atoms with Gasteiger partial charge in [-0.1, -0.05) is 12.1 Å². The first-order valence-corrected chi connectivity index (χ1v) is 10.5. The predicted molar refractivity (Wildman–Crippen MR) is 118 cm³/mol. The Morgan fingerprint density at radius 3 is 2.55 bits per heavy atom. The van der Waals surface area contributed by atoms with Crippen LogP contribution >= 0.6 is 0 Å². The molecule has 1 aliphatic heterocycles. The van der Waals surface area contributed by atoms with Crippen molar-refractivity contribution in [3.05, 3.63) is 54.1 Å². The van der Waals surface area contributed by atoms with Crippen molar-refractivity contribution in [2.45, 2.75) is 13.8 Å². The first kappa shape index (κ1) is 21.0. The summed E-state index contributed by atoms with van der Waals surface area (Å²) in [5.74, 6) is 0.414. The number of carbonyl (C=O) groups excluding carboxylic acids is 1. The van der Waals surface area contributed by atoms with Crippen molar-refractivity contribution < 1.29 is 14.8 Å². The molecule has 1 aliphatic rings. The van der Waals surface area contributed by atoms with Crippen LogP contribution in [0.5, 0.6) is 5.75 Å². The summed E-state index contributed by atoms with van der Waals surface area (Å²) in [6.07, 6.45) is 0. The number of nitrogens with zero attached hydrogens (tertiary/aromatic N) is 2. The van der Waals surface area contributed by atoms with Crippen molar-refractivity contribution in [3.8, 4) is 5.75 Å². The highest BCUT2D eigenvalue weighted by Crippen LogP contribution is 2.18. The summed E-state index contributed by atoms with van der Waals surface area (Å²) in [5.41, 5.74) is 3.58. The summed E-state index contributed by atoms with van der Waals surface area (Å²) in [6.45, 7) is 10.9. The van der Waals surface area contributed by atoms with Crippen molar-refractivity contribution in [3.63, 3.8) is 0 Å². The van der Waals surface area contributed by atoms with Crippen LogP contribution in [-0.2, 0) is 4.79 Å². The summed E-state index contributed by atoms with van der Waals surface area (Å²) < 4.78 is 0. The summed E-state index contributed by atoms with van der Waals surface area (Å²) in [4.78, 5) is 18.3. The van der Waals surface area contributed by atoms with Crippen molar-refractivity contribution in [2.75, 3.05) is 62.2 Å². The summed E-state index contributed by atoms with van der Waals surface area (Å²) in [7, 11) is 0. The van der Waals surface area contributed by atoms with E-state index in [2.05, 4.69) is 53.2 Å². The van der Waals surface area contributed by atoms with Crippen molar-refractivity contribution in [1.82, 2.24) is 5.32 Å². The molecule has 1 fully saturated rings. The molecule has 0 radical (unpaired) electrons. The number of hydrogen-bond donors (Lipinski definition) is 3. The molecule has 0 aromatic heterocycles. The van der Waals surface area contributed by atoms with Gasteiger partial charge in [-0.25, -0.2) is 0 Å². The second-order valence-electron chi connectivity index (χ2n) is 7.70. The van der Waals surface area contributed by atoms with Gasteiger partial charge in [-0.2, -0.15) is 0 Å². The van der Waals surface area contributed by atoms with Crippen molar-refractivity contribution in [1.29, 1.82) is 0 Å². The zero-order valence-corrected chi connectivity index (χ0v) is 17.5. The van der Waals surface area contributed by atoms with Crippen molar-refractivity contribution >= 4 is 17.3 Å². The van der Waals surface area contributed by atoms with Gasteiger partial charge in [0.15, 0.2) is 6.54 Å². The molecule has 0 aliphatic carbocycles. The van der Waals surface area contributed by atoms with Crippen LogP contribution in [0.4, 0.5) is 11.4 Å². The number of phenolic OH excluding ortho intramolecular Hbond substituents is 1. The van der Waals surface area contributed by atoms with Crippen LogP contribution in [0.15, 0.2) is 48.5 Å². The lowest BCUT2D eigenvalue weighted by Gasteiger charge is -2.33. The molecule has 0 bridgehead atoms. The first-order valence-electron chi connectivity index (χ1n) is 10.5. The largest absolute Gasteiger partial charge is 0.508 e. The van der Waals surface area contributed by atoms with Crippen LogP contribution in [-0.4, -0.2) is 63.4 Å². The van der Waals surface area contributed by atoms with E-state index in [1.807, 2.05) is 12.1 Å². The van der Waals surface area contributed by atoms with E-state index in [1.165, 1.54) is 16.2 Å². The second-order valence-corrected chi connectivity index (χ2v) is 7.70. The molecule has 156 valence electrons. The topological polar surface area (TPSA) is 60.2 Å². The molecule has 6 nitrogen and oxygen atoms in total. The molecule has 1 amide bonds. The van der Waals surface area contributed by atoms with E-state index >= 15 is 0 Å². The molecule has 3 N–H and O–H groups in total. The van der Waals surface area contributed by atoms with E-state index in [4.69, 9.17) is 0 Å². The third-order valence-electron chi connectivity index (χ3n) is 5.55. The summed E-state index contributed by atoms with van der Waals surface area (Å²) in [5, 5.41) is 12.5. The first-order chi connectivity index (χ1) is 14.0. The number of hydrogen-bond acceptors (Lipinski definition) is 4. The highest BCUT2D eigenvalue weighted by molar-refractivity contribution is 5.76. The minimum atomic E-state index is 0.123. The number of aryl methyl sites for hydroxylation is 1. The molecule has 0 spiro atoms. The quantitative estimate of drug-likeness (QED) is 0.623. The Bertz CT molecular complexity index is 786. The standard InChI is InChI=1S/C23H32N4O2/c1-3-26(21-6-4-5-19(2)17-21)12-11-24-23(29)18-25-13-15-27(16-14-25)20-7-9-22(28)10-8-20/h4-10,17,28H,3,11-16,18H2,1-2H3,(H,24,29)/p+1. The second kappa shape index (κ2) is 10.2. The van der Waals surface area contributed by atoms with Crippen LogP contribution in [0.3, 0.4) is 0 Å². The molecular formula is C23H33N4O2+. The number of nitrogens with one attached hydrogen (secondary N) is 2. The maximum atomic E-state index is 12.4. The minimum Gasteiger partial charge on any atom is -0.508 e. The molecule has 0 unspecified atom stereocenters. The number of rotatable bonds is 8. The Kier molecular flexibility index (Phi) is 7.36. The van der Waals surface area contributed by atoms with Gasteiger partial charge in [0, 0.05) is 31.0 Å². The predicted octanol–water partition coefficient (Wildman–Crippen LogP) is 1.05. The number of quaternary nitrogens is 1. The lowest BCUT2D eigenvalue weighted by molar-refractivity contribution is -0.892. The fourth-order valence-electron chi connectivity index (χ4n) is 3.84. The smallest absolute Gasteiger partial charge is 0.275 e. The molecular weight excluding hydrogens is 364 g/mol. The average molecular weight is 398 g/mol. The Labute approximate surface area is 173 Å². The van der Waals surface area contributed by atoms with Gasteiger partial charge >= 0.3 is 0 Å². The lowest BCUT2D eigenvalue weighted by Crippen LogP contribution is -3.16. The van der Waals surface area contributed by atoms with Gasteiger partial charge in [-0.05, 0) is 55.8 Å². The maximum Gasteiger partial charge on any atom is 0.275 e. The number of likely N-dealkylation sites (N-methyl/N-ethyl adjacent to an activating group) is 1. The number of anilines is 2. The van der Waals surface area contributed by atoms with Gasteiger partial charge in [-0.15, -0.1) is 0 Å². The molecule has 2 aromatic rings. The maximum absolute atomic E-state index is 12.4. The van der Waals surface area contributed by atoms with Crippen LogP contribution in [0, 0.1) is 6.92 Å². The molecule has 0 saturated carbocycles. The highest BCUT2D eigenvalue weighted by atomic mass is 16.3. The number of phenols is 1. The fraction of sp³-hybridized carbons (Fsp3) is 0.435.